The first-order valence-electron chi connectivity index (χ1n) is 8.18. The maximum atomic E-state index is 13.5. The first kappa shape index (κ1) is 20.5. The van der Waals surface area contributed by atoms with Gasteiger partial charge in [0.1, 0.15) is 12.4 Å². The molecule has 0 fully saturated rings. The van der Waals surface area contributed by atoms with E-state index < -0.39 is 23.3 Å². The Labute approximate surface area is 145 Å². The van der Waals surface area contributed by atoms with Crippen LogP contribution in [0.2, 0.25) is 0 Å². The van der Waals surface area contributed by atoms with Gasteiger partial charge in [-0.15, -0.1) is 0 Å². The number of ether oxygens (including phenoxy) is 2. The molecule has 0 aliphatic carbocycles. The molecule has 7 nitrogen and oxygen atoms in total. The highest BCUT2D eigenvalue weighted by molar-refractivity contribution is 5.72. The van der Waals surface area contributed by atoms with Crippen molar-refractivity contribution in [1.82, 2.24) is 0 Å². The Morgan fingerprint density at radius 1 is 1.12 bits per heavy atom. The Morgan fingerprint density at radius 2 is 1.80 bits per heavy atom. The van der Waals surface area contributed by atoms with Gasteiger partial charge >= 0.3 is 11.9 Å². The second-order valence-corrected chi connectivity index (χ2v) is 5.47. The number of carbonyl (C=O) groups excluding carboxylic acids is 2. The van der Waals surface area contributed by atoms with E-state index in [9.17, 15) is 24.1 Å². The predicted octanol–water partition coefficient (Wildman–Crippen LogP) is 3.68. The lowest BCUT2D eigenvalue weighted by molar-refractivity contribution is -0.385. The van der Waals surface area contributed by atoms with Crippen molar-refractivity contribution in [2.24, 2.45) is 0 Å². The average molecular weight is 355 g/mol. The van der Waals surface area contributed by atoms with E-state index in [1.165, 1.54) is 0 Å². The fourth-order valence-corrected chi connectivity index (χ4v) is 2.00. The molecule has 0 aliphatic heterocycles. The Balaban J connectivity index is 2.28. The van der Waals surface area contributed by atoms with Gasteiger partial charge in [0.15, 0.2) is 0 Å². The summed E-state index contributed by atoms with van der Waals surface area (Å²) >= 11 is 0. The number of esters is 2. The van der Waals surface area contributed by atoms with Crippen molar-refractivity contribution in [2.75, 3.05) is 6.61 Å². The maximum Gasteiger partial charge on any atom is 0.306 e. The van der Waals surface area contributed by atoms with E-state index in [2.05, 4.69) is 0 Å². The molecule has 1 aromatic carbocycles. The second kappa shape index (κ2) is 11.1. The quantitative estimate of drug-likeness (QED) is 0.260. The summed E-state index contributed by atoms with van der Waals surface area (Å²) in [5, 5.41) is 10.7. The first-order chi connectivity index (χ1) is 11.9. The minimum absolute atomic E-state index is 0.0133. The first-order valence-corrected chi connectivity index (χ1v) is 8.18. The molecule has 0 N–H and O–H groups in total. The molecule has 0 bridgehead atoms. The van der Waals surface area contributed by atoms with Crippen molar-refractivity contribution in [3.8, 4) is 0 Å². The van der Waals surface area contributed by atoms with Gasteiger partial charge in [0.25, 0.3) is 5.69 Å². The number of rotatable bonds is 11. The number of benzene rings is 1. The zero-order chi connectivity index (χ0) is 18.7. The van der Waals surface area contributed by atoms with E-state index in [0.29, 0.717) is 6.61 Å². The summed E-state index contributed by atoms with van der Waals surface area (Å²) in [6.45, 7) is 2.03. The molecule has 0 unspecified atom stereocenters. The van der Waals surface area contributed by atoms with Crippen molar-refractivity contribution in [1.29, 1.82) is 0 Å². The lowest BCUT2D eigenvalue weighted by atomic mass is 10.2. The second-order valence-electron chi connectivity index (χ2n) is 5.47. The van der Waals surface area contributed by atoms with Gasteiger partial charge in [0.05, 0.1) is 11.5 Å². The Kier molecular flexibility index (Phi) is 9.13. The fraction of sp³-hybridized carbons (Fsp3) is 0.529. The van der Waals surface area contributed by atoms with E-state index in [4.69, 9.17) is 9.47 Å². The molecule has 0 atom stereocenters. The van der Waals surface area contributed by atoms with Crippen LogP contribution in [0.1, 0.15) is 51.0 Å². The van der Waals surface area contributed by atoms with Gasteiger partial charge in [-0.2, -0.15) is 0 Å². The van der Waals surface area contributed by atoms with Crippen LogP contribution in [0.4, 0.5) is 10.1 Å². The van der Waals surface area contributed by atoms with Crippen LogP contribution >= 0.6 is 0 Å². The third kappa shape index (κ3) is 8.23. The van der Waals surface area contributed by atoms with E-state index in [1.807, 2.05) is 6.92 Å². The molecule has 0 aromatic heterocycles. The van der Waals surface area contributed by atoms with Crippen LogP contribution in [0.5, 0.6) is 0 Å². The third-order valence-electron chi connectivity index (χ3n) is 3.40. The third-order valence-corrected chi connectivity index (χ3v) is 3.40. The van der Waals surface area contributed by atoms with Crippen molar-refractivity contribution < 1.29 is 28.4 Å². The summed E-state index contributed by atoms with van der Waals surface area (Å²) in [4.78, 5) is 33.0. The minimum atomic E-state index is -0.686. The summed E-state index contributed by atoms with van der Waals surface area (Å²) in [5.41, 5.74) is -0.351. The highest BCUT2D eigenvalue weighted by Gasteiger charge is 2.13. The summed E-state index contributed by atoms with van der Waals surface area (Å²) in [7, 11) is 0. The van der Waals surface area contributed by atoms with Crippen molar-refractivity contribution >= 4 is 17.6 Å². The average Bonchev–Trinajstić information content (AvgIpc) is 2.57. The van der Waals surface area contributed by atoms with E-state index in [-0.39, 0.29) is 36.5 Å². The topological polar surface area (TPSA) is 95.7 Å². The van der Waals surface area contributed by atoms with Gasteiger partial charge in [-0.1, -0.05) is 19.8 Å². The standard InChI is InChI=1S/C17H22FNO6/c1-2-3-4-10-24-16(20)6-5-7-17(21)25-12-13-11-14(19(22)23)8-9-15(13)18/h8-9,11H,2-7,10,12H2,1H3. The van der Waals surface area contributed by atoms with Crippen LogP contribution in [0, 0.1) is 15.9 Å². The van der Waals surface area contributed by atoms with Crippen molar-refractivity contribution in [3.05, 3.63) is 39.7 Å². The van der Waals surface area contributed by atoms with Gasteiger partial charge in [0.2, 0.25) is 0 Å². The molecule has 0 spiro atoms. The van der Waals surface area contributed by atoms with Crippen LogP contribution < -0.4 is 0 Å². The van der Waals surface area contributed by atoms with Gasteiger partial charge in [-0.05, 0) is 18.9 Å². The molecule has 1 rings (SSSR count). The lowest BCUT2D eigenvalue weighted by Gasteiger charge is -2.06. The molecule has 8 heteroatoms. The summed E-state index contributed by atoms with van der Waals surface area (Å²) < 4.78 is 23.4. The molecule has 0 amide bonds. The Morgan fingerprint density at radius 3 is 2.44 bits per heavy atom. The monoisotopic (exact) mass is 355 g/mol. The number of non-ortho nitro benzene ring substituents is 1. The van der Waals surface area contributed by atoms with Gasteiger partial charge in [0, 0.05) is 30.5 Å². The van der Waals surface area contributed by atoms with Crippen LogP contribution in [-0.4, -0.2) is 23.5 Å². The van der Waals surface area contributed by atoms with Gasteiger partial charge < -0.3 is 9.47 Å². The number of carbonyl (C=O) groups is 2. The number of halogens is 1. The number of hydrogen-bond acceptors (Lipinski definition) is 6. The zero-order valence-corrected chi connectivity index (χ0v) is 14.2. The maximum absolute atomic E-state index is 13.5. The largest absolute Gasteiger partial charge is 0.466 e. The van der Waals surface area contributed by atoms with Gasteiger partial charge in [-0.25, -0.2) is 4.39 Å². The number of nitro benzene ring substituents is 1. The number of nitrogens with zero attached hydrogens (tertiary/aromatic N) is 1. The molecule has 25 heavy (non-hydrogen) atoms. The lowest BCUT2D eigenvalue weighted by Crippen LogP contribution is -2.09. The summed E-state index contributed by atoms with van der Waals surface area (Å²) in [6.07, 6.45) is 3.21. The molecule has 0 aliphatic rings. The molecule has 0 saturated heterocycles. The smallest absolute Gasteiger partial charge is 0.306 e. The molecular formula is C17H22FNO6. The van der Waals surface area contributed by atoms with Crippen LogP contribution in [0.25, 0.3) is 0 Å². The molecule has 1 aromatic rings. The molecule has 0 saturated carbocycles. The van der Waals surface area contributed by atoms with E-state index >= 15 is 0 Å². The van der Waals surface area contributed by atoms with Gasteiger partial charge in [-0.3, -0.25) is 19.7 Å². The highest BCUT2D eigenvalue weighted by Crippen LogP contribution is 2.17. The van der Waals surface area contributed by atoms with Crippen LogP contribution in [0.3, 0.4) is 0 Å². The Hall–Kier alpha value is -2.51. The minimum Gasteiger partial charge on any atom is -0.466 e. The molecule has 138 valence electrons. The molecule has 0 heterocycles. The normalized spacial score (nSPS) is 10.3. The molecule has 0 radical (unpaired) electrons. The number of nitro groups is 1. The SMILES string of the molecule is CCCCCOC(=O)CCCC(=O)OCc1cc([N+](=O)[O-])ccc1F. The summed E-state index contributed by atoms with van der Waals surface area (Å²) in [5.74, 6) is -1.66. The van der Waals surface area contributed by atoms with E-state index in [1.54, 1.807) is 0 Å². The fourth-order valence-electron chi connectivity index (χ4n) is 2.00. The molecular weight excluding hydrogens is 333 g/mol. The number of hydrogen-bond donors (Lipinski definition) is 0. The number of unbranched alkanes of at least 4 members (excludes halogenated alkanes) is 2. The highest BCUT2D eigenvalue weighted by atomic mass is 19.1. The van der Waals surface area contributed by atoms with E-state index in [0.717, 1.165) is 37.5 Å². The zero-order valence-electron chi connectivity index (χ0n) is 14.2. The van der Waals surface area contributed by atoms with Crippen LogP contribution in [-0.2, 0) is 25.7 Å². The van der Waals surface area contributed by atoms with Crippen LogP contribution in [0.15, 0.2) is 18.2 Å². The summed E-state index contributed by atoms with van der Waals surface area (Å²) in [6, 6.07) is 3.01. The Bertz CT molecular complexity index is 605. The predicted molar refractivity (Wildman–Crippen MR) is 87.2 cm³/mol. The van der Waals surface area contributed by atoms with Crippen molar-refractivity contribution in [2.45, 2.75) is 52.1 Å². The van der Waals surface area contributed by atoms with Crippen molar-refractivity contribution in [3.63, 3.8) is 0 Å².